The van der Waals surface area contributed by atoms with E-state index in [2.05, 4.69) is 17.6 Å². The van der Waals surface area contributed by atoms with Crippen LogP contribution < -0.4 is 5.32 Å². The summed E-state index contributed by atoms with van der Waals surface area (Å²) in [5, 5.41) is 14.5. The predicted octanol–water partition coefficient (Wildman–Crippen LogP) is 3.25. The number of aromatic hydroxyl groups is 1. The Bertz CT molecular complexity index is 435. The van der Waals surface area contributed by atoms with Crippen molar-refractivity contribution in [3.8, 4) is 5.75 Å². The normalized spacial score (nSPS) is 30.6. The zero-order valence-electron chi connectivity index (χ0n) is 10.9. The second kappa shape index (κ2) is 5.14. The lowest BCUT2D eigenvalue weighted by Crippen LogP contribution is -2.36. The van der Waals surface area contributed by atoms with Gasteiger partial charge in [-0.05, 0) is 49.1 Å². The standard InChI is InChI=1S/C15H21NOS/c1-18-15-7-3-5-13(15)16-12-9-8-11-10(12)4-2-6-14(11)17/h2,4,6,12-13,15-17H,3,5,7-9H2,1H3. The van der Waals surface area contributed by atoms with E-state index < -0.39 is 0 Å². The van der Waals surface area contributed by atoms with Crippen molar-refractivity contribution in [3.63, 3.8) is 0 Å². The number of rotatable bonds is 3. The molecule has 0 radical (unpaired) electrons. The molecule has 1 fully saturated rings. The number of phenols is 1. The molecule has 0 aromatic heterocycles. The highest BCUT2D eigenvalue weighted by Gasteiger charge is 2.31. The molecule has 2 aliphatic rings. The summed E-state index contributed by atoms with van der Waals surface area (Å²) in [6.45, 7) is 0. The van der Waals surface area contributed by atoms with Crippen molar-refractivity contribution >= 4 is 11.8 Å². The van der Waals surface area contributed by atoms with E-state index in [1.165, 1.54) is 24.8 Å². The molecule has 2 N–H and O–H groups in total. The fourth-order valence-corrected chi connectivity index (χ4v) is 4.41. The minimum absolute atomic E-state index is 0.449. The van der Waals surface area contributed by atoms with Gasteiger partial charge in [-0.25, -0.2) is 0 Å². The fourth-order valence-electron chi connectivity index (χ4n) is 3.47. The van der Waals surface area contributed by atoms with Crippen LogP contribution in [0.4, 0.5) is 0 Å². The van der Waals surface area contributed by atoms with Crippen LogP contribution in [0.15, 0.2) is 18.2 Å². The van der Waals surface area contributed by atoms with E-state index in [4.69, 9.17) is 0 Å². The number of nitrogens with one attached hydrogen (secondary N) is 1. The highest BCUT2D eigenvalue weighted by atomic mass is 32.2. The first-order valence-electron chi connectivity index (χ1n) is 6.89. The molecule has 0 amide bonds. The predicted molar refractivity (Wildman–Crippen MR) is 77.2 cm³/mol. The summed E-state index contributed by atoms with van der Waals surface area (Å²) >= 11 is 2.00. The zero-order valence-corrected chi connectivity index (χ0v) is 11.7. The van der Waals surface area contributed by atoms with Gasteiger partial charge in [-0.1, -0.05) is 18.6 Å². The van der Waals surface area contributed by atoms with Gasteiger partial charge in [0, 0.05) is 17.3 Å². The Morgan fingerprint density at radius 3 is 3.00 bits per heavy atom. The van der Waals surface area contributed by atoms with Crippen LogP contribution >= 0.6 is 11.8 Å². The fraction of sp³-hybridized carbons (Fsp3) is 0.600. The Morgan fingerprint density at radius 1 is 1.28 bits per heavy atom. The summed E-state index contributed by atoms with van der Waals surface area (Å²) in [5.41, 5.74) is 2.48. The highest BCUT2D eigenvalue weighted by molar-refractivity contribution is 7.99. The summed E-state index contributed by atoms with van der Waals surface area (Å²) in [7, 11) is 0. The molecule has 2 aliphatic carbocycles. The van der Waals surface area contributed by atoms with Crippen LogP contribution in [0.5, 0.6) is 5.75 Å². The number of phenolic OH excluding ortho intramolecular Hbond substituents is 1. The summed E-state index contributed by atoms with van der Waals surface area (Å²) in [5.74, 6) is 0.477. The van der Waals surface area contributed by atoms with E-state index >= 15 is 0 Å². The van der Waals surface area contributed by atoms with Crippen LogP contribution in [0.3, 0.4) is 0 Å². The Balaban J connectivity index is 1.75. The molecule has 1 saturated carbocycles. The second-order valence-corrected chi connectivity index (χ2v) is 6.49. The van der Waals surface area contributed by atoms with Gasteiger partial charge in [0.05, 0.1) is 0 Å². The van der Waals surface area contributed by atoms with Crippen molar-refractivity contribution in [1.82, 2.24) is 5.32 Å². The summed E-state index contributed by atoms with van der Waals surface area (Å²) < 4.78 is 0. The molecule has 2 nitrogen and oxygen atoms in total. The van der Waals surface area contributed by atoms with Gasteiger partial charge in [0.15, 0.2) is 0 Å². The zero-order chi connectivity index (χ0) is 12.5. The van der Waals surface area contributed by atoms with Crippen LogP contribution in [-0.4, -0.2) is 22.7 Å². The average molecular weight is 263 g/mol. The Hall–Kier alpha value is -0.670. The van der Waals surface area contributed by atoms with Gasteiger partial charge < -0.3 is 10.4 Å². The van der Waals surface area contributed by atoms with Crippen molar-refractivity contribution < 1.29 is 5.11 Å². The molecule has 18 heavy (non-hydrogen) atoms. The summed E-state index contributed by atoms with van der Waals surface area (Å²) in [6.07, 6.45) is 8.36. The molecule has 3 heteroatoms. The molecule has 0 saturated heterocycles. The molecule has 3 unspecified atom stereocenters. The van der Waals surface area contributed by atoms with E-state index in [1.807, 2.05) is 23.9 Å². The van der Waals surface area contributed by atoms with Crippen LogP contribution in [-0.2, 0) is 6.42 Å². The number of fused-ring (bicyclic) bond motifs is 1. The third-order valence-electron chi connectivity index (χ3n) is 4.42. The van der Waals surface area contributed by atoms with E-state index in [0.717, 1.165) is 23.7 Å². The molecular formula is C15H21NOS. The highest BCUT2D eigenvalue weighted by Crippen LogP contribution is 2.38. The van der Waals surface area contributed by atoms with Gasteiger partial charge in [0.1, 0.15) is 5.75 Å². The van der Waals surface area contributed by atoms with Crippen molar-refractivity contribution in [1.29, 1.82) is 0 Å². The first kappa shape index (κ1) is 12.4. The first-order chi connectivity index (χ1) is 8.79. The maximum atomic E-state index is 9.88. The van der Waals surface area contributed by atoms with Crippen LogP contribution in [0.1, 0.15) is 42.9 Å². The molecule has 0 heterocycles. The SMILES string of the molecule is CSC1CCCC1NC1CCc2c(O)cccc21. The van der Waals surface area contributed by atoms with Crippen molar-refractivity contribution in [2.45, 2.75) is 49.4 Å². The molecule has 1 aromatic rings. The van der Waals surface area contributed by atoms with E-state index in [9.17, 15) is 5.11 Å². The Labute approximate surface area is 113 Å². The van der Waals surface area contributed by atoms with E-state index in [1.54, 1.807) is 0 Å². The van der Waals surface area contributed by atoms with Gasteiger partial charge in [0.25, 0.3) is 0 Å². The maximum Gasteiger partial charge on any atom is 0.119 e. The van der Waals surface area contributed by atoms with Gasteiger partial charge >= 0.3 is 0 Å². The third kappa shape index (κ3) is 2.14. The second-order valence-electron chi connectivity index (χ2n) is 5.41. The lowest BCUT2D eigenvalue weighted by molar-refractivity contribution is 0.443. The number of thioether (sulfide) groups is 1. The Kier molecular flexibility index (Phi) is 3.53. The minimum Gasteiger partial charge on any atom is -0.508 e. The van der Waals surface area contributed by atoms with Gasteiger partial charge in [0.2, 0.25) is 0 Å². The largest absolute Gasteiger partial charge is 0.508 e. The molecule has 1 aromatic carbocycles. The molecule has 0 spiro atoms. The van der Waals surface area contributed by atoms with Crippen LogP contribution in [0.2, 0.25) is 0 Å². The molecule has 3 rings (SSSR count). The van der Waals surface area contributed by atoms with Gasteiger partial charge in [-0.3, -0.25) is 0 Å². The first-order valence-corrected chi connectivity index (χ1v) is 8.18. The van der Waals surface area contributed by atoms with Crippen molar-refractivity contribution in [2.24, 2.45) is 0 Å². The van der Waals surface area contributed by atoms with Gasteiger partial charge in [-0.15, -0.1) is 0 Å². The maximum absolute atomic E-state index is 9.88. The molecule has 3 atom stereocenters. The summed E-state index contributed by atoms with van der Waals surface area (Å²) in [4.78, 5) is 0. The smallest absolute Gasteiger partial charge is 0.119 e. The topological polar surface area (TPSA) is 32.3 Å². The lowest BCUT2D eigenvalue weighted by Gasteiger charge is -2.24. The summed E-state index contributed by atoms with van der Waals surface area (Å²) in [6, 6.07) is 7.04. The monoisotopic (exact) mass is 263 g/mol. The Morgan fingerprint density at radius 2 is 2.17 bits per heavy atom. The van der Waals surface area contributed by atoms with Crippen molar-refractivity contribution in [3.05, 3.63) is 29.3 Å². The number of hydrogen-bond donors (Lipinski definition) is 2. The lowest BCUT2D eigenvalue weighted by atomic mass is 10.1. The van der Waals surface area contributed by atoms with E-state index in [-0.39, 0.29) is 0 Å². The molecular weight excluding hydrogens is 242 g/mol. The number of benzene rings is 1. The molecule has 0 bridgehead atoms. The third-order valence-corrected chi connectivity index (χ3v) is 5.59. The quantitative estimate of drug-likeness (QED) is 0.878. The minimum atomic E-state index is 0.449. The molecule has 98 valence electrons. The number of hydrogen-bond acceptors (Lipinski definition) is 3. The van der Waals surface area contributed by atoms with Crippen LogP contribution in [0.25, 0.3) is 0 Å². The van der Waals surface area contributed by atoms with E-state index in [0.29, 0.717) is 17.8 Å². The average Bonchev–Trinajstić information content (AvgIpc) is 2.98. The van der Waals surface area contributed by atoms with Gasteiger partial charge in [-0.2, -0.15) is 11.8 Å². The molecule has 0 aliphatic heterocycles. The van der Waals surface area contributed by atoms with Crippen molar-refractivity contribution in [2.75, 3.05) is 6.26 Å². The van der Waals surface area contributed by atoms with Crippen LogP contribution in [0, 0.1) is 0 Å².